The summed E-state index contributed by atoms with van der Waals surface area (Å²) in [6, 6.07) is 4.26. The topological polar surface area (TPSA) is 94.1 Å². The molecule has 7 nitrogen and oxygen atoms in total. The number of carbonyl (C=O) groups is 2. The van der Waals surface area contributed by atoms with Crippen LogP contribution in [0.5, 0.6) is 11.5 Å². The Morgan fingerprint density at radius 3 is 2.36 bits per heavy atom. The van der Waals surface area contributed by atoms with Crippen LogP contribution in [0, 0.1) is 0 Å². The fraction of sp³-hybridized carbons (Fsp3) is 0.444. The van der Waals surface area contributed by atoms with Crippen LogP contribution in [0.2, 0.25) is 0 Å². The molecule has 2 N–H and O–H groups in total. The predicted molar refractivity (Wildman–Crippen MR) is 94.0 cm³/mol. The van der Waals surface area contributed by atoms with Crippen molar-refractivity contribution in [2.24, 2.45) is 0 Å². The Kier molecular flexibility index (Phi) is 7.29. The van der Waals surface area contributed by atoms with Crippen LogP contribution in [-0.4, -0.2) is 43.0 Å². The first-order valence-electron chi connectivity index (χ1n) is 7.77. The molecule has 1 aromatic rings. The van der Waals surface area contributed by atoms with Gasteiger partial charge in [0.2, 0.25) is 0 Å². The zero-order valence-corrected chi connectivity index (χ0v) is 15.2. The number of amides is 1. The Balaban J connectivity index is 2.73. The van der Waals surface area contributed by atoms with Crippen molar-refractivity contribution in [2.75, 3.05) is 14.2 Å². The van der Waals surface area contributed by atoms with E-state index in [1.807, 2.05) is 6.07 Å². The van der Waals surface area contributed by atoms with Gasteiger partial charge in [0, 0.05) is 0 Å². The molecule has 1 rings (SSSR count). The van der Waals surface area contributed by atoms with Gasteiger partial charge in [0.25, 0.3) is 0 Å². The minimum atomic E-state index is -1.14. The highest BCUT2D eigenvalue weighted by Gasteiger charge is 2.22. The monoisotopic (exact) mass is 351 g/mol. The van der Waals surface area contributed by atoms with Crippen molar-refractivity contribution in [3.63, 3.8) is 0 Å². The first-order chi connectivity index (χ1) is 11.7. The Morgan fingerprint density at radius 1 is 1.20 bits per heavy atom. The lowest BCUT2D eigenvalue weighted by molar-refractivity contribution is -0.139. The number of alkyl carbamates (subject to hydrolysis) is 1. The quantitative estimate of drug-likeness (QED) is 0.784. The van der Waals surface area contributed by atoms with Crippen LogP contribution in [-0.2, 0) is 9.53 Å². The maximum absolute atomic E-state index is 11.7. The van der Waals surface area contributed by atoms with E-state index in [0.717, 1.165) is 5.56 Å². The van der Waals surface area contributed by atoms with Gasteiger partial charge in [-0.15, -0.1) is 0 Å². The largest absolute Gasteiger partial charge is 0.493 e. The lowest BCUT2D eigenvalue weighted by Crippen LogP contribution is -2.43. The summed E-state index contributed by atoms with van der Waals surface area (Å²) in [4.78, 5) is 23.0. The highest BCUT2D eigenvalue weighted by Crippen LogP contribution is 2.28. The van der Waals surface area contributed by atoms with Gasteiger partial charge in [0.05, 0.1) is 14.2 Å². The van der Waals surface area contributed by atoms with Gasteiger partial charge in [-0.2, -0.15) is 0 Å². The van der Waals surface area contributed by atoms with Gasteiger partial charge >= 0.3 is 12.1 Å². The number of rotatable bonds is 7. The molecular weight excluding hydrogens is 326 g/mol. The minimum Gasteiger partial charge on any atom is -0.493 e. The molecule has 0 bridgehead atoms. The molecule has 1 amide bonds. The third-order valence-electron chi connectivity index (χ3n) is 3.08. The van der Waals surface area contributed by atoms with Crippen LogP contribution in [0.25, 0.3) is 6.08 Å². The number of carbonyl (C=O) groups excluding carboxylic acids is 1. The second-order valence-electron chi connectivity index (χ2n) is 6.29. The standard InChI is InChI=1S/C18H25NO6/c1-18(2,3)25-17(22)19-13(16(20)21)8-6-7-12-9-10-14(23-4)15(11-12)24-5/h6-7,9-11,13H,8H2,1-5H3,(H,19,22)(H,20,21)/b7-6-/t13-/m0/s1. The maximum Gasteiger partial charge on any atom is 0.408 e. The van der Waals surface area contributed by atoms with E-state index in [9.17, 15) is 14.7 Å². The summed E-state index contributed by atoms with van der Waals surface area (Å²) in [6.07, 6.45) is 2.76. The Bertz CT molecular complexity index is 633. The summed E-state index contributed by atoms with van der Waals surface area (Å²) >= 11 is 0. The molecular formula is C18H25NO6. The lowest BCUT2D eigenvalue weighted by atomic mass is 10.1. The molecule has 0 saturated carbocycles. The molecule has 0 aliphatic rings. The van der Waals surface area contributed by atoms with Gasteiger partial charge in [-0.25, -0.2) is 9.59 Å². The summed E-state index contributed by atoms with van der Waals surface area (Å²) in [7, 11) is 3.09. The molecule has 0 heterocycles. The number of hydrogen-bond donors (Lipinski definition) is 2. The van der Waals surface area contributed by atoms with Gasteiger partial charge < -0.3 is 24.6 Å². The fourth-order valence-corrected chi connectivity index (χ4v) is 1.97. The third kappa shape index (κ3) is 7.15. The van der Waals surface area contributed by atoms with Crippen LogP contribution in [0.4, 0.5) is 4.79 Å². The SMILES string of the molecule is COc1ccc(/C=C\C[C@H](NC(=O)OC(C)(C)C)C(=O)O)cc1OC. The van der Waals surface area contributed by atoms with E-state index in [4.69, 9.17) is 14.2 Å². The second kappa shape index (κ2) is 8.96. The number of carboxylic acids is 1. The summed E-state index contributed by atoms with van der Waals surface area (Å²) < 4.78 is 15.4. The number of nitrogens with one attached hydrogen (secondary N) is 1. The number of hydrogen-bond acceptors (Lipinski definition) is 5. The first kappa shape index (κ1) is 20.3. The maximum atomic E-state index is 11.7. The first-order valence-corrected chi connectivity index (χ1v) is 7.77. The number of benzene rings is 1. The highest BCUT2D eigenvalue weighted by molar-refractivity contribution is 5.80. The molecule has 0 aliphatic carbocycles. The van der Waals surface area contributed by atoms with Crippen LogP contribution < -0.4 is 14.8 Å². The van der Waals surface area contributed by atoms with Gasteiger partial charge in [0.1, 0.15) is 11.6 Å². The molecule has 138 valence electrons. The molecule has 0 radical (unpaired) electrons. The Labute approximate surface area is 147 Å². The highest BCUT2D eigenvalue weighted by atomic mass is 16.6. The number of ether oxygens (including phenoxy) is 3. The van der Waals surface area contributed by atoms with E-state index in [0.29, 0.717) is 11.5 Å². The second-order valence-corrected chi connectivity index (χ2v) is 6.29. The predicted octanol–water partition coefficient (Wildman–Crippen LogP) is 3.09. The molecule has 25 heavy (non-hydrogen) atoms. The van der Waals surface area contributed by atoms with E-state index in [2.05, 4.69) is 5.32 Å². The normalized spacial score (nSPS) is 12.5. The zero-order chi connectivity index (χ0) is 19.0. The van der Waals surface area contributed by atoms with Crippen molar-refractivity contribution in [3.8, 4) is 11.5 Å². The Hall–Kier alpha value is -2.70. The van der Waals surface area contributed by atoms with Crippen LogP contribution in [0.15, 0.2) is 24.3 Å². The number of methoxy groups -OCH3 is 2. The molecule has 1 aromatic carbocycles. The minimum absolute atomic E-state index is 0.114. The average Bonchev–Trinajstić information content (AvgIpc) is 2.51. The summed E-state index contributed by atoms with van der Waals surface area (Å²) in [5, 5.41) is 11.6. The van der Waals surface area contributed by atoms with E-state index < -0.39 is 23.7 Å². The van der Waals surface area contributed by atoms with Crippen molar-refractivity contribution < 1.29 is 28.9 Å². The number of aliphatic carboxylic acids is 1. The molecule has 0 unspecified atom stereocenters. The van der Waals surface area contributed by atoms with Crippen LogP contribution >= 0.6 is 0 Å². The zero-order valence-electron chi connectivity index (χ0n) is 15.2. The van der Waals surface area contributed by atoms with Crippen molar-refractivity contribution >= 4 is 18.1 Å². The van der Waals surface area contributed by atoms with Crippen LogP contribution in [0.3, 0.4) is 0 Å². The Morgan fingerprint density at radius 2 is 1.84 bits per heavy atom. The van der Waals surface area contributed by atoms with Crippen molar-refractivity contribution in [2.45, 2.75) is 38.8 Å². The average molecular weight is 351 g/mol. The van der Waals surface area contributed by atoms with Gasteiger partial charge in [-0.1, -0.05) is 18.2 Å². The number of carboxylic acid groups (broad SMARTS) is 1. The van der Waals surface area contributed by atoms with Crippen molar-refractivity contribution in [3.05, 3.63) is 29.8 Å². The fourth-order valence-electron chi connectivity index (χ4n) is 1.97. The van der Waals surface area contributed by atoms with Crippen molar-refractivity contribution in [1.82, 2.24) is 5.32 Å². The molecule has 0 aromatic heterocycles. The molecule has 0 fully saturated rings. The third-order valence-corrected chi connectivity index (χ3v) is 3.08. The molecule has 0 saturated heterocycles. The van der Waals surface area contributed by atoms with E-state index >= 15 is 0 Å². The summed E-state index contributed by atoms with van der Waals surface area (Å²) in [6.45, 7) is 5.12. The van der Waals surface area contributed by atoms with Gasteiger partial charge in [-0.3, -0.25) is 0 Å². The van der Waals surface area contributed by atoms with Crippen LogP contribution in [0.1, 0.15) is 32.8 Å². The molecule has 0 spiro atoms. The molecule has 7 heteroatoms. The van der Waals surface area contributed by atoms with E-state index in [-0.39, 0.29) is 6.42 Å². The van der Waals surface area contributed by atoms with E-state index in [1.165, 1.54) is 7.11 Å². The smallest absolute Gasteiger partial charge is 0.408 e. The summed E-state index contributed by atoms with van der Waals surface area (Å²) in [5.74, 6) is 0.0452. The van der Waals surface area contributed by atoms with E-state index in [1.54, 1.807) is 52.2 Å². The van der Waals surface area contributed by atoms with Gasteiger partial charge in [-0.05, 0) is 44.9 Å². The molecule has 1 atom stereocenters. The lowest BCUT2D eigenvalue weighted by Gasteiger charge is -2.21. The van der Waals surface area contributed by atoms with Crippen molar-refractivity contribution in [1.29, 1.82) is 0 Å². The molecule has 0 aliphatic heterocycles. The summed E-state index contributed by atoms with van der Waals surface area (Å²) in [5.41, 5.74) is 0.127. The van der Waals surface area contributed by atoms with Gasteiger partial charge in [0.15, 0.2) is 11.5 Å².